The number of hydrogen-bond donors (Lipinski definition) is 1. The van der Waals surface area contributed by atoms with Crippen molar-refractivity contribution in [2.24, 2.45) is 0 Å². The number of para-hydroxylation sites is 4. The average Bonchev–Trinajstić information content (AvgIpc) is 2.67. The summed E-state index contributed by atoms with van der Waals surface area (Å²) in [5.41, 5.74) is 0.806. The van der Waals surface area contributed by atoms with E-state index in [4.69, 9.17) is 9.47 Å². The van der Waals surface area contributed by atoms with Crippen molar-refractivity contribution >= 4 is 11.6 Å². The van der Waals surface area contributed by atoms with Gasteiger partial charge in [0.2, 0.25) is 6.10 Å². The van der Waals surface area contributed by atoms with Crippen LogP contribution in [0.4, 0.5) is 5.69 Å². The van der Waals surface area contributed by atoms with E-state index < -0.39 is 6.10 Å². The minimum absolute atomic E-state index is 0.0496. The van der Waals surface area contributed by atoms with Crippen LogP contribution in [-0.2, 0) is 4.79 Å². The van der Waals surface area contributed by atoms with Gasteiger partial charge >= 0.3 is 0 Å². The maximum atomic E-state index is 12.7. The molecule has 130 valence electrons. The molecular formula is C19H20N2O4. The number of fused-ring (bicyclic) bond motifs is 1. The van der Waals surface area contributed by atoms with E-state index in [0.717, 1.165) is 5.69 Å². The summed E-state index contributed by atoms with van der Waals surface area (Å²) in [5.74, 6) is 1.50. The quantitative estimate of drug-likeness (QED) is 0.904. The Morgan fingerprint density at radius 2 is 1.64 bits per heavy atom. The molecule has 1 fully saturated rings. The fraction of sp³-hybridized carbons (Fsp3) is 0.316. The van der Waals surface area contributed by atoms with E-state index in [1.807, 2.05) is 36.4 Å². The van der Waals surface area contributed by atoms with E-state index in [9.17, 15) is 9.90 Å². The summed E-state index contributed by atoms with van der Waals surface area (Å²) in [6.45, 7) is 2.76. The van der Waals surface area contributed by atoms with E-state index in [-0.39, 0.29) is 18.3 Å². The molecular weight excluding hydrogens is 320 g/mol. The molecule has 1 amide bonds. The fourth-order valence-electron chi connectivity index (χ4n) is 3.24. The zero-order valence-corrected chi connectivity index (χ0v) is 13.8. The molecule has 2 aromatic carbocycles. The van der Waals surface area contributed by atoms with Crippen LogP contribution in [0.15, 0.2) is 48.5 Å². The standard InChI is InChI=1S/C19H20N2O4/c22-15-6-2-1-5-14(15)20-9-11-21(12-10-20)19(23)18-13-24-16-7-3-4-8-17(16)25-18/h1-8,18,22H,9-13H2/t18-/m1/s1. The molecule has 25 heavy (non-hydrogen) atoms. The SMILES string of the molecule is O=C([C@H]1COc2ccccc2O1)N1CCN(c2ccccc2O)CC1. The van der Waals surface area contributed by atoms with Gasteiger partial charge in [0.1, 0.15) is 12.4 Å². The highest BCUT2D eigenvalue weighted by molar-refractivity contribution is 5.82. The monoisotopic (exact) mass is 340 g/mol. The number of nitrogens with zero attached hydrogens (tertiary/aromatic N) is 2. The van der Waals surface area contributed by atoms with Crippen molar-refractivity contribution in [3.05, 3.63) is 48.5 Å². The zero-order chi connectivity index (χ0) is 17.2. The number of piperazine rings is 1. The molecule has 2 heterocycles. The molecule has 6 heteroatoms. The molecule has 2 aliphatic rings. The highest BCUT2D eigenvalue weighted by Crippen LogP contribution is 2.32. The summed E-state index contributed by atoms with van der Waals surface area (Å²) in [6, 6.07) is 14.7. The van der Waals surface area contributed by atoms with Crippen LogP contribution in [0.25, 0.3) is 0 Å². The molecule has 0 radical (unpaired) electrons. The molecule has 1 atom stereocenters. The molecule has 1 saturated heterocycles. The predicted octanol–water partition coefficient (Wildman–Crippen LogP) is 1.88. The van der Waals surface area contributed by atoms with E-state index in [1.165, 1.54) is 0 Å². The van der Waals surface area contributed by atoms with Crippen LogP contribution in [-0.4, -0.2) is 54.8 Å². The lowest BCUT2D eigenvalue weighted by atomic mass is 10.2. The number of benzene rings is 2. The summed E-state index contributed by atoms with van der Waals surface area (Å²) in [4.78, 5) is 16.6. The number of amides is 1. The van der Waals surface area contributed by atoms with Crippen LogP contribution < -0.4 is 14.4 Å². The van der Waals surface area contributed by atoms with Gasteiger partial charge in [0.05, 0.1) is 5.69 Å². The van der Waals surface area contributed by atoms with Gasteiger partial charge in [-0.05, 0) is 24.3 Å². The number of rotatable bonds is 2. The van der Waals surface area contributed by atoms with Crippen molar-refractivity contribution in [1.82, 2.24) is 4.90 Å². The van der Waals surface area contributed by atoms with Gasteiger partial charge in [-0.1, -0.05) is 24.3 Å². The first kappa shape index (κ1) is 15.6. The minimum Gasteiger partial charge on any atom is -0.506 e. The number of hydrogen-bond acceptors (Lipinski definition) is 5. The second-order valence-electron chi connectivity index (χ2n) is 6.17. The maximum absolute atomic E-state index is 12.7. The Balaban J connectivity index is 1.38. The number of carbonyl (C=O) groups excluding carboxylic acids is 1. The highest BCUT2D eigenvalue weighted by Gasteiger charge is 2.32. The predicted molar refractivity (Wildman–Crippen MR) is 93.3 cm³/mol. The fourth-order valence-corrected chi connectivity index (χ4v) is 3.24. The Morgan fingerprint density at radius 3 is 2.40 bits per heavy atom. The van der Waals surface area contributed by atoms with Crippen molar-refractivity contribution < 1.29 is 19.4 Å². The molecule has 0 bridgehead atoms. The average molecular weight is 340 g/mol. The Kier molecular flexibility index (Phi) is 4.09. The van der Waals surface area contributed by atoms with Crippen molar-refractivity contribution in [2.45, 2.75) is 6.10 Å². The number of phenolic OH excluding ortho intramolecular Hbond substituents is 1. The number of anilines is 1. The van der Waals surface area contributed by atoms with Crippen molar-refractivity contribution in [1.29, 1.82) is 0 Å². The number of aromatic hydroxyl groups is 1. The van der Waals surface area contributed by atoms with Crippen LogP contribution in [0, 0.1) is 0 Å². The zero-order valence-electron chi connectivity index (χ0n) is 13.8. The largest absolute Gasteiger partial charge is 0.506 e. The lowest BCUT2D eigenvalue weighted by molar-refractivity contribution is -0.141. The van der Waals surface area contributed by atoms with Crippen LogP contribution in [0.2, 0.25) is 0 Å². The van der Waals surface area contributed by atoms with Crippen molar-refractivity contribution in [3.8, 4) is 17.2 Å². The van der Waals surface area contributed by atoms with Crippen LogP contribution >= 0.6 is 0 Å². The van der Waals surface area contributed by atoms with Gasteiger partial charge < -0.3 is 24.4 Å². The Labute approximate surface area is 146 Å². The Hall–Kier alpha value is -2.89. The third kappa shape index (κ3) is 3.07. The number of ether oxygens (including phenoxy) is 2. The molecule has 2 aromatic rings. The molecule has 0 spiro atoms. The third-order valence-corrected chi connectivity index (χ3v) is 4.60. The van der Waals surface area contributed by atoms with Gasteiger partial charge in [-0.2, -0.15) is 0 Å². The molecule has 0 aliphatic carbocycles. The maximum Gasteiger partial charge on any atom is 0.267 e. The molecule has 6 nitrogen and oxygen atoms in total. The first-order valence-corrected chi connectivity index (χ1v) is 8.42. The van der Waals surface area contributed by atoms with Crippen molar-refractivity contribution in [3.63, 3.8) is 0 Å². The highest BCUT2D eigenvalue weighted by atomic mass is 16.6. The molecule has 4 rings (SSSR count). The van der Waals surface area contributed by atoms with Gasteiger partial charge in [0.15, 0.2) is 11.5 Å². The first-order valence-electron chi connectivity index (χ1n) is 8.42. The molecule has 1 N–H and O–H groups in total. The third-order valence-electron chi connectivity index (χ3n) is 4.60. The number of carbonyl (C=O) groups is 1. The normalized spacial score (nSPS) is 19.6. The molecule has 2 aliphatic heterocycles. The van der Waals surface area contributed by atoms with Crippen molar-refractivity contribution in [2.75, 3.05) is 37.7 Å². The minimum atomic E-state index is -0.605. The summed E-state index contributed by atoms with van der Waals surface area (Å²) < 4.78 is 11.4. The van der Waals surface area contributed by atoms with Gasteiger partial charge in [-0.25, -0.2) is 0 Å². The summed E-state index contributed by atoms with van der Waals surface area (Å²) >= 11 is 0. The Morgan fingerprint density at radius 1 is 0.960 bits per heavy atom. The molecule has 0 saturated carbocycles. The van der Waals surface area contributed by atoms with Gasteiger partial charge in [0.25, 0.3) is 5.91 Å². The van der Waals surface area contributed by atoms with Crippen LogP contribution in [0.3, 0.4) is 0 Å². The molecule has 0 unspecified atom stereocenters. The van der Waals surface area contributed by atoms with E-state index in [0.29, 0.717) is 37.7 Å². The smallest absolute Gasteiger partial charge is 0.267 e. The molecule has 0 aromatic heterocycles. The first-order chi connectivity index (χ1) is 12.2. The van der Waals surface area contributed by atoms with E-state index in [2.05, 4.69) is 4.90 Å². The van der Waals surface area contributed by atoms with Gasteiger partial charge in [0, 0.05) is 26.2 Å². The van der Waals surface area contributed by atoms with Crippen LogP contribution in [0.5, 0.6) is 17.2 Å². The second-order valence-corrected chi connectivity index (χ2v) is 6.17. The Bertz CT molecular complexity index is 772. The topological polar surface area (TPSA) is 62.2 Å². The van der Waals surface area contributed by atoms with Crippen LogP contribution in [0.1, 0.15) is 0 Å². The van der Waals surface area contributed by atoms with Gasteiger partial charge in [-0.3, -0.25) is 4.79 Å². The van der Waals surface area contributed by atoms with Gasteiger partial charge in [-0.15, -0.1) is 0 Å². The van der Waals surface area contributed by atoms with E-state index >= 15 is 0 Å². The number of phenols is 1. The summed E-state index contributed by atoms with van der Waals surface area (Å²) in [6.07, 6.45) is -0.605. The lowest BCUT2D eigenvalue weighted by Crippen LogP contribution is -2.54. The lowest BCUT2D eigenvalue weighted by Gasteiger charge is -2.38. The summed E-state index contributed by atoms with van der Waals surface area (Å²) in [5, 5.41) is 9.98. The second kappa shape index (κ2) is 6.55. The van der Waals surface area contributed by atoms with E-state index in [1.54, 1.807) is 17.0 Å². The summed E-state index contributed by atoms with van der Waals surface area (Å²) in [7, 11) is 0.